The molecule has 1 N–H and O–H groups in total. The second-order valence-electron chi connectivity index (χ2n) is 5.07. The molecule has 0 spiro atoms. The van der Waals surface area contributed by atoms with Crippen LogP contribution in [0.1, 0.15) is 25.7 Å². The van der Waals surface area contributed by atoms with Crippen molar-refractivity contribution in [2.45, 2.75) is 37.8 Å². The SMILES string of the molecule is COCC(NCCN(C)C1CC1)C1CC1. The minimum atomic E-state index is 0.600. The van der Waals surface area contributed by atoms with Crippen LogP contribution in [0.3, 0.4) is 0 Å². The molecule has 0 heterocycles. The molecule has 0 aromatic rings. The average Bonchev–Trinajstić information content (AvgIpc) is 3.04. The van der Waals surface area contributed by atoms with Gasteiger partial charge in [-0.3, -0.25) is 0 Å². The first-order valence-electron chi connectivity index (χ1n) is 6.24. The van der Waals surface area contributed by atoms with Gasteiger partial charge in [0.1, 0.15) is 0 Å². The van der Waals surface area contributed by atoms with Gasteiger partial charge in [-0.2, -0.15) is 0 Å². The molecule has 15 heavy (non-hydrogen) atoms. The summed E-state index contributed by atoms with van der Waals surface area (Å²) in [7, 11) is 4.04. The highest BCUT2D eigenvalue weighted by Crippen LogP contribution is 2.32. The maximum atomic E-state index is 5.25. The average molecular weight is 212 g/mol. The van der Waals surface area contributed by atoms with E-state index in [1.165, 1.54) is 32.2 Å². The van der Waals surface area contributed by atoms with Gasteiger partial charge in [0.05, 0.1) is 6.61 Å². The summed E-state index contributed by atoms with van der Waals surface area (Å²) in [5.41, 5.74) is 0. The third-order valence-corrected chi connectivity index (χ3v) is 3.58. The Morgan fingerprint density at radius 3 is 2.60 bits per heavy atom. The first kappa shape index (κ1) is 11.4. The summed E-state index contributed by atoms with van der Waals surface area (Å²) < 4.78 is 5.25. The van der Waals surface area contributed by atoms with E-state index in [9.17, 15) is 0 Å². The fraction of sp³-hybridized carbons (Fsp3) is 1.00. The van der Waals surface area contributed by atoms with E-state index in [1.807, 2.05) is 0 Å². The van der Waals surface area contributed by atoms with Gasteiger partial charge in [-0.1, -0.05) is 0 Å². The molecule has 0 bridgehead atoms. The zero-order valence-electron chi connectivity index (χ0n) is 10.0. The third-order valence-electron chi connectivity index (χ3n) is 3.58. The van der Waals surface area contributed by atoms with E-state index in [4.69, 9.17) is 4.74 Å². The molecule has 0 aromatic carbocycles. The van der Waals surface area contributed by atoms with Crippen molar-refractivity contribution >= 4 is 0 Å². The summed E-state index contributed by atoms with van der Waals surface area (Å²) >= 11 is 0. The van der Waals surface area contributed by atoms with Crippen molar-refractivity contribution in [1.82, 2.24) is 10.2 Å². The van der Waals surface area contributed by atoms with Gasteiger partial charge in [0.15, 0.2) is 0 Å². The van der Waals surface area contributed by atoms with Crippen molar-refractivity contribution in [3.8, 4) is 0 Å². The minimum absolute atomic E-state index is 0.600. The van der Waals surface area contributed by atoms with Gasteiger partial charge in [-0.05, 0) is 38.6 Å². The molecule has 2 rings (SSSR count). The van der Waals surface area contributed by atoms with Crippen LogP contribution < -0.4 is 5.32 Å². The van der Waals surface area contributed by atoms with Crippen LogP contribution in [0.15, 0.2) is 0 Å². The normalized spacial score (nSPS) is 23.4. The van der Waals surface area contributed by atoms with Crippen LogP contribution in [0.5, 0.6) is 0 Å². The molecule has 0 amide bonds. The van der Waals surface area contributed by atoms with Gasteiger partial charge >= 0.3 is 0 Å². The molecule has 3 heteroatoms. The predicted molar refractivity (Wildman–Crippen MR) is 62.0 cm³/mol. The Labute approximate surface area is 93.2 Å². The molecular weight excluding hydrogens is 188 g/mol. The van der Waals surface area contributed by atoms with Gasteiger partial charge in [-0.15, -0.1) is 0 Å². The first-order chi connectivity index (χ1) is 7.31. The molecule has 0 radical (unpaired) electrons. The van der Waals surface area contributed by atoms with E-state index < -0.39 is 0 Å². The van der Waals surface area contributed by atoms with Crippen LogP contribution in [-0.2, 0) is 4.74 Å². The highest BCUT2D eigenvalue weighted by atomic mass is 16.5. The lowest BCUT2D eigenvalue weighted by Gasteiger charge is -2.20. The van der Waals surface area contributed by atoms with E-state index in [1.54, 1.807) is 7.11 Å². The van der Waals surface area contributed by atoms with Crippen molar-refractivity contribution < 1.29 is 4.74 Å². The highest BCUT2D eigenvalue weighted by molar-refractivity contribution is 4.87. The number of nitrogens with zero attached hydrogens (tertiary/aromatic N) is 1. The van der Waals surface area contributed by atoms with Crippen LogP contribution >= 0.6 is 0 Å². The van der Waals surface area contributed by atoms with Crippen LogP contribution in [0.25, 0.3) is 0 Å². The number of hydrogen-bond donors (Lipinski definition) is 1. The second-order valence-corrected chi connectivity index (χ2v) is 5.07. The maximum Gasteiger partial charge on any atom is 0.0618 e. The van der Waals surface area contributed by atoms with Crippen molar-refractivity contribution in [2.75, 3.05) is 33.9 Å². The molecule has 88 valence electrons. The monoisotopic (exact) mass is 212 g/mol. The number of likely N-dealkylation sites (N-methyl/N-ethyl adjacent to an activating group) is 1. The first-order valence-corrected chi connectivity index (χ1v) is 6.24. The molecular formula is C12H24N2O. The van der Waals surface area contributed by atoms with Gasteiger partial charge in [0, 0.05) is 32.3 Å². The van der Waals surface area contributed by atoms with Crippen molar-refractivity contribution in [2.24, 2.45) is 5.92 Å². The summed E-state index contributed by atoms with van der Waals surface area (Å²) in [5.74, 6) is 0.885. The Kier molecular flexibility index (Phi) is 4.00. The Bertz CT molecular complexity index is 190. The van der Waals surface area contributed by atoms with E-state index in [0.717, 1.165) is 25.1 Å². The number of methoxy groups -OCH3 is 1. The van der Waals surface area contributed by atoms with Crippen molar-refractivity contribution in [3.63, 3.8) is 0 Å². The predicted octanol–water partition coefficient (Wildman–Crippen LogP) is 1.10. The molecule has 0 aromatic heterocycles. The largest absolute Gasteiger partial charge is 0.383 e. The van der Waals surface area contributed by atoms with Crippen LogP contribution in [0, 0.1) is 5.92 Å². The molecule has 3 nitrogen and oxygen atoms in total. The summed E-state index contributed by atoms with van der Waals surface area (Å²) in [5, 5.41) is 3.63. The Morgan fingerprint density at radius 2 is 2.07 bits per heavy atom. The topological polar surface area (TPSA) is 24.5 Å². The quantitative estimate of drug-likeness (QED) is 0.652. The zero-order chi connectivity index (χ0) is 10.7. The smallest absolute Gasteiger partial charge is 0.0618 e. The summed E-state index contributed by atoms with van der Waals surface area (Å²) in [6, 6.07) is 1.48. The Hall–Kier alpha value is -0.120. The maximum absolute atomic E-state index is 5.25. The molecule has 2 saturated carbocycles. The number of rotatable bonds is 8. The summed E-state index contributed by atoms with van der Waals surface area (Å²) in [4.78, 5) is 2.48. The fourth-order valence-corrected chi connectivity index (χ4v) is 2.16. The fourth-order valence-electron chi connectivity index (χ4n) is 2.16. The Balaban J connectivity index is 1.57. The molecule has 1 unspecified atom stereocenters. The summed E-state index contributed by atoms with van der Waals surface area (Å²) in [6.45, 7) is 3.16. The lowest BCUT2D eigenvalue weighted by Crippen LogP contribution is -2.40. The molecule has 2 aliphatic rings. The lowest BCUT2D eigenvalue weighted by atomic mass is 10.2. The third kappa shape index (κ3) is 3.74. The van der Waals surface area contributed by atoms with E-state index in [0.29, 0.717) is 6.04 Å². The van der Waals surface area contributed by atoms with Gasteiger partial charge in [-0.25, -0.2) is 0 Å². The van der Waals surface area contributed by atoms with Crippen molar-refractivity contribution in [3.05, 3.63) is 0 Å². The molecule has 0 saturated heterocycles. The molecule has 0 aliphatic heterocycles. The van der Waals surface area contributed by atoms with Crippen molar-refractivity contribution in [1.29, 1.82) is 0 Å². The van der Waals surface area contributed by atoms with E-state index >= 15 is 0 Å². The number of nitrogens with one attached hydrogen (secondary N) is 1. The molecule has 1 atom stereocenters. The minimum Gasteiger partial charge on any atom is -0.383 e. The summed E-state index contributed by atoms with van der Waals surface area (Å²) in [6.07, 6.45) is 5.58. The second kappa shape index (κ2) is 5.28. The number of ether oxygens (including phenoxy) is 1. The highest BCUT2D eigenvalue weighted by Gasteiger charge is 2.31. The lowest BCUT2D eigenvalue weighted by molar-refractivity contribution is 0.155. The standard InChI is InChI=1S/C12H24N2O/c1-14(11-5-6-11)8-7-13-12(9-15-2)10-3-4-10/h10-13H,3-9H2,1-2H3. The zero-order valence-corrected chi connectivity index (χ0v) is 10.0. The van der Waals surface area contributed by atoms with E-state index in [-0.39, 0.29) is 0 Å². The molecule has 2 fully saturated rings. The van der Waals surface area contributed by atoms with Gasteiger partial charge < -0.3 is 15.0 Å². The van der Waals surface area contributed by atoms with Crippen LogP contribution in [0.2, 0.25) is 0 Å². The van der Waals surface area contributed by atoms with Gasteiger partial charge in [0.2, 0.25) is 0 Å². The van der Waals surface area contributed by atoms with Crippen LogP contribution in [0.4, 0.5) is 0 Å². The van der Waals surface area contributed by atoms with Crippen LogP contribution in [-0.4, -0.2) is 50.8 Å². The number of hydrogen-bond acceptors (Lipinski definition) is 3. The van der Waals surface area contributed by atoms with Gasteiger partial charge in [0.25, 0.3) is 0 Å². The molecule has 2 aliphatic carbocycles. The Morgan fingerprint density at radius 1 is 1.33 bits per heavy atom. The van der Waals surface area contributed by atoms with E-state index in [2.05, 4.69) is 17.3 Å².